The normalized spacial score (nSPS) is 15.3. The van der Waals surface area contributed by atoms with E-state index in [2.05, 4.69) is 0 Å². The zero-order chi connectivity index (χ0) is 9.45. The van der Waals surface area contributed by atoms with Crippen molar-refractivity contribution in [2.75, 3.05) is 5.75 Å². The summed E-state index contributed by atoms with van der Waals surface area (Å²) in [6, 6.07) is 0. The molecule has 1 saturated carbocycles. The summed E-state index contributed by atoms with van der Waals surface area (Å²) in [5.74, 6) is -0.312. The fourth-order valence-electron chi connectivity index (χ4n) is 1.06. The average molecular weight is 233 g/mol. The molecule has 0 aromatic heterocycles. The summed E-state index contributed by atoms with van der Waals surface area (Å²) < 4.78 is 28.3. The summed E-state index contributed by atoms with van der Waals surface area (Å²) in [6.07, 6.45) is 9.00. The van der Waals surface area contributed by atoms with Crippen LogP contribution in [0.15, 0.2) is 0 Å². The SMILES string of the molecule is C1CCCCC1.CCS(=O)(=O)[O-].N.[Na+]. The van der Waals surface area contributed by atoms with Crippen LogP contribution >= 0.6 is 0 Å². The molecule has 0 aliphatic heterocycles. The minimum Gasteiger partial charge on any atom is -0.748 e. The predicted molar refractivity (Wildman–Crippen MR) is 53.0 cm³/mol. The zero-order valence-corrected chi connectivity index (χ0v) is 12.1. The first-order valence-electron chi connectivity index (χ1n) is 4.50. The van der Waals surface area contributed by atoms with Gasteiger partial charge in [0.15, 0.2) is 0 Å². The van der Waals surface area contributed by atoms with Crippen LogP contribution < -0.4 is 35.7 Å². The van der Waals surface area contributed by atoms with Crippen LogP contribution in [0.2, 0.25) is 0 Å². The maximum atomic E-state index is 9.44. The molecule has 82 valence electrons. The van der Waals surface area contributed by atoms with E-state index in [-0.39, 0.29) is 41.5 Å². The van der Waals surface area contributed by atoms with Crippen molar-refractivity contribution < 1.29 is 42.5 Å². The Kier molecular flexibility index (Phi) is 17.3. The van der Waals surface area contributed by atoms with Gasteiger partial charge < -0.3 is 10.7 Å². The van der Waals surface area contributed by atoms with Gasteiger partial charge in [0.1, 0.15) is 0 Å². The molecule has 0 spiro atoms. The quantitative estimate of drug-likeness (QED) is 0.467. The molecule has 0 heterocycles. The molecule has 1 rings (SSSR count). The Balaban J connectivity index is -0.000000151. The Bertz CT molecular complexity index is 179. The topological polar surface area (TPSA) is 92.2 Å². The minimum absolute atomic E-state index is 0. The summed E-state index contributed by atoms with van der Waals surface area (Å²) in [7, 11) is -3.91. The maximum Gasteiger partial charge on any atom is 1.00 e. The second-order valence-corrected chi connectivity index (χ2v) is 4.66. The molecule has 0 bridgehead atoms. The Hall–Kier alpha value is 0.870. The van der Waals surface area contributed by atoms with Crippen molar-refractivity contribution in [3.8, 4) is 0 Å². The first kappa shape index (κ1) is 20.3. The number of hydrogen-bond acceptors (Lipinski definition) is 4. The second kappa shape index (κ2) is 11.9. The van der Waals surface area contributed by atoms with Crippen molar-refractivity contribution in [2.24, 2.45) is 0 Å². The third kappa shape index (κ3) is 18.6. The monoisotopic (exact) mass is 233 g/mol. The van der Waals surface area contributed by atoms with Crippen molar-refractivity contribution in [3.05, 3.63) is 0 Å². The summed E-state index contributed by atoms with van der Waals surface area (Å²) in [5, 5.41) is 0. The van der Waals surface area contributed by atoms with Crippen LogP contribution in [-0.2, 0) is 10.1 Å². The van der Waals surface area contributed by atoms with Gasteiger partial charge in [0.05, 0.1) is 10.1 Å². The molecule has 14 heavy (non-hydrogen) atoms. The molecular formula is C8H20NNaO3S. The van der Waals surface area contributed by atoms with E-state index in [0.29, 0.717) is 0 Å². The number of hydrogen-bond donors (Lipinski definition) is 1. The molecular weight excluding hydrogens is 213 g/mol. The third-order valence-corrected chi connectivity index (χ3v) is 2.56. The van der Waals surface area contributed by atoms with Gasteiger partial charge in [-0.1, -0.05) is 45.4 Å². The fourth-order valence-corrected chi connectivity index (χ4v) is 1.06. The second-order valence-electron chi connectivity index (χ2n) is 2.97. The molecule has 0 amide bonds. The summed E-state index contributed by atoms with van der Waals surface area (Å²) in [4.78, 5) is 0. The van der Waals surface area contributed by atoms with E-state index in [1.807, 2.05) is 0 Å². The predicted octanol–water partition coefficient (Wildman–Crippen LogP) is -0.942. The van der Waals surface area contributed by atoms with Crippen LogP contribution in [-0.4, -0.2) is 18.7 Å². The minimum atomic E-state index is -3.91. The van der Waals surface area contributed by atoms with Crippen LogP contribution in [0.3, 0.4) is 0 Å². The van der Waals surface area contributed by atoms with E-state index in [4.69, 9.17) is 0 Å². The molecule has 1 aliphatic carbocycles. The molecule has 0 atom stereocenters. The standard InChI is InChI=1S/C6H12.C2H6O3S.H3N.Na/c1-2-4-6-5-3-1;1-2-6(3,4)5;;/h1-6H2;2H2,1H3,(H,3,4,5);1H3;/q;;;+1/p-1. The molecule has 0 saturated heterocycles. The van der Waals surface area contributed by atoms with Crippen LogP contribution in [0, 0.1) is 0 Å². The van der Waals surface area contributed by atoms with Gasteiger partial charge in [-0.25, -0.2) is 8.42 Å². The first-order chi connectivity index (χ1) is 5.56. The largest absolute Gasteiger partial charge is 1.00 e. The van der Waals surface area contributed by atoms with Crippen LogP contribution in [0.4, 0.5) is 0 Å². The fraction of sp³-hybridized carbons (Fsp3) is 1.00. The van der Waals surface area contributed by atoms with Crippen molar-refractivity contribution in [1.29, 1.82) is 0 Å². The molecule has 0 aromatic carbocycles. The van der Waals surface area contributed by atoms with E-state index < -0.39 is 10.1 Å². The van der Waals surface area contributed by atoms with Gasteiger partial charge in [-0.05, 0) is 0 Å². The van der Waals surface area contributed by atoms with Gasteiger partial charge in [0.2, 0.25) is 0 Å². The van der Waals surface area contributed by atoms with Crippen molar-refractivity contribution in [2.45, 2.75) is 45.4 Å². The molecule has 6 heteroatoms. The average Bonchev–Trinajstić information content (AvgIpc) is 2.07. The first-order valence-corrected chi connectivity index (χ1v) is 6.07. The van der Waals surface area contributed by atoms with Crippen LogP contribution in [0.1, 0.15) is 45.4 Å². The molecule has 1 aliphatic rings. The Morgan fingerprint density at radius 3 is 1.21 bits per heavy atom. The molecule has 3 N–H and O–H groups in total. The molecule has 0 unspecified atom stereocenters. The van der Waals surface area contributed by atoms with Gasteiger partial charge in [-0.15, -0.1) is 0 Å². The smallest absolute Gasteiger partial charge is 0.748 e. The van der Waals surface area contributed by atoms with E-state index in [9.17, 15) is 13.0 Å². The Morgan fingerprint density at radius 2 is 1.14 bits per heavy atom. The molecule has 1 fully saturated rings. The van der Waals surface area contributed by atoms with E-state index in [1.165, 1.54) is 45.4 Å². The van der Waals surface area contributed by atoms with Crippen LogP contribution in [0.5, 0.6) is 0 Å². The number of rotatable bonds is 1. The third-order valence-electron chi connectivity index (χ3n) is 1.85. The summed E-state index contributed by atoms with van der Waals surface area (Å²) in [5.41, 5.74) is 0. The van der Waals surface area contributed by atoms with E-state index in [1.54, 1.807) is 0 Å². The van der Waals surface area contributed by atoms with Crippen molar-refractivity contribution >= 4 is 10.1 Å². The van der Waals surface area contributed by atoms with E-state index in [0.717, 1.165) is 0 Å². The van der Waals surface area contributed by atoms with Crippen LogP contribution in [0.25, 0.3) is 0 Å². The van der Waals surface area contributed by atoms with Crippen molar-refractivity contribution in [3.63, 3.8) is 0 Å². The maximum absolute atomic E-state index is 9.44. The molecule has 0 aromatic rings. The zero-order valence-electron chi connectivity index (χ0n) is 9.29. The molecule has 0 radical (unpaired) electrons. The Labute approximate surface area is 109 Å². The van der Waals surface area contributed by atoms with Gasteiger partial charge in [0.25, 0.3) is 0 Å². The van der Waals surface area contributed by atoms with Gasteiger partial charge in [0, 0.05) is 5.75 Å². The van der Waals surface area contributed by atoms with E-state index >= 15 is 0 Å². The molecule has 4 nitrogen and oxygen atoms in total. The van der Waals surface area contributed by atoms with Crippen molar-refractivity contribution in [1.82, 2.24) is 6.15 Å². The summed E-state index contributed by atoms with van der Waals surface area (Å²) in [6.45, 7) is 1.31. The van der Waals surface area contributed by atoms with Gasteiger partial charge in [-0.3, -0.25) is 0 Å². The van der Waals surface area contributed by atoms with Gasteiger partial charge >= 0.3 is 29.6 Å². The summed E-state index contributed by atoms with van der Waals surface area (Å²) >= 11 is 0. The van der Waals surface area contributed by atoms with Gasteiger partial charge in [-0.2, -0.15) is 0 Å². The Morgan fingerprint density at radius 1 is 1.00 bits per heavy atom.